The topological polar surface area (TPSA) is 72.8 Å². The van der Waals surface area contributed by atoms with E-state index < -0.39 is 7.60 Å². The summed E-state index contributed by atoms with van der Waals surface area (Å²) in [6.45, 7) is 15.7. The van der Waals surface area contributed by atoms with E-state index in [0.29, 0.717) is 16.7 Å². The lowest BCUT2D eigenvalue weighted by Gasteiger charge is -2.28. The van der Waals surface area contributed by atoms with Crippen LogP contribution in [0.2, 0.25) is 0 Å². The Morgan fingerprint density at radius 2 is 1.35 bits per heavy atom. The van der Waals surface area contributed by atoms with Crippen molar-refractivity contribution in [2.24, 2.45) is 0 Å². The molecule has 0 atom stereocenters. The highest BCUT2D eigenvalue weighted by Crippen LogP contribution is 2.49. The van der Waals surface area contributed by atoms with Gasteiger partial charge in [-0.2, -0.15) is 0 Å². The molecule has 5 nitrogen and oxygen atoms in total. The van der Waals surface area contributed by atoms with Crippen LogP contribution in [0.25, 0.3) is 0 Å². The Balaban J connectivity index is 3.44. The van der Waals surface area contributed by atoms with Crippen LogP contribution in [0.5, 0.6) is 5.75 Å². The predicted molar refractivity (Wildman–Crippen MR) is 106 cm³/mol. The molecule has 0 saturated heterocycles. The highest BCUT2D eigenvalue weighted by atomic mass is 31.2. The summed E-state index contributed by atoms with van der Waals surface area (Å²) in [6, 6.07) is 3.38. The molecule has 0 amide bonds. The molecular formula is C20H33O5P. The first kappa shape index (κ1) is 22.9. The summed E-state index contributed by atoms with van der Waals surface area (Å²) >= 11 is 0. The minimum atomic E-state index is -3.48. The number of ketones is 1. The minimum Gasteiger partial charge on any atom is -0.507 e. The zero-order chi connectivity index (χ0) is 20.3. The van der Waals surface area contributed by atoms with Crippen molar-refractivity contribution in [2.45, 2.75) is 66.2 Å². The summed E-state index contributed by atoms with van der Waals surface area (Å²) in [7, 11) is -3.48. The normalized spacial score (nSPS) is 13.1. The molecule has 0 spiro atoms. The maximum atomic E-state index is 12.9. The zero-order valence-corrected chi connectivity index (χ0v) is 18.2. The molecule has 0 aliphatic heterocycles. The first-order valence-electron chi connectivity index (χ1n) is 9.04. The van der Waals surface area contributed by atoms with Gasteiger partial charge in [0.15, 0.2) is 5.78 Å². The standard InChI is InChI=1S/C20H33O5P/c1-9-24-26(23,25-10-2)13-17(21)14-11-15(19(3,4)5)18(22)16(12-14)20(6,7)8/h11-12,22H,9-10,13H2,1-8H3. The van der Waals surface area contributed by atoms with Gasteiger partial charge in [-0.1, -0.05) is 41.5 Å². The van der Waals surface area contributed by atoms with Crippen LogP contribution in [0, 0.1) is 0 Å². The van der Waals surface area contributed by atoms with Crippen molar-refractivity contribution in [2.75, 3.05) is 19.4 Å². The van der Waals surface area contributed by atoms with Gasteiger partial charge in [0.25, 0.3) is 0 Å². The van der Waals surface area contributed by atoms with Crippen LogP contribution >= 0.6 is 7.60 Å². The molecule has 0 aliphatic rings. The van der Waals surface area contributed by atoms with Gasteiger partial charge in [0.05, 0.1) is 13.2 Å². The second-order valence-corrected chi connectivity index (χ2v) is 10.5. The third-order valence-electron chi connectivity index (χ3n) is 4.04. The first-order valence-corrected chi connectivity index (χ1v) is 10.8. The van der Waals surface area contributed by atoms with Crippen LogP contribution in [0.3, 0.4) is 0 Å². The number of phenols is 1. The van der Waals surface area contributed by atoms with Gasteiger partial charge < -0.3 is 14.2 Å². The smallest absolute Gasteiger partial charge is 0.338 e. The molecule has 0 aliphatic carbocycles. The number of phenolic OH excluding ortho intramolecular Hbond substituents is 1. The SMILES string of the molecule is CCOP(=O)(CC(=O)c1cc(C(C)(C)C)c(O)c(C(C)(C)C)c1)OCC. The van der Waals surface area contributed by atoms with E-state index >= 15 is 0 Å². The van der Waals surface area contributed by atoms with Crippen molar-refractivity contribution in [1.29, 1.82) is 0 Å². The average molecular weight is 384 g/mol. The summed E-state index contributed by atoms with van der Waals surface area (Å²) in [5.74, 6) is -0.106. The van der Waals surface area contributed by atoms with Gasteiger partial charge in [0.1, 0.15) is 11.9 Å². The van der Waals surface area contributed by atoms with Gasteiger partial charge in [0.2, 0.25) is 0 Å². The van der Waals surface area contributed by atoms with E-state index in [9.17, 15) is 14.5 Å². The van der Waals surface area contributed by atoms with E-state index in [0.717, 1.165) is 0 Å². The Morgan fingerprint density at radius 3 is 1.65 bits per heavy atom. The van der Waals surface area contributed by atoms with Crippen molar-refractivity contribution in [3.05, 3.63) is 28.8 Å². The number of carbonyl (C=O) groups excluding carboxylic acids is 1. The van der Waals surface area contributed by atoms with Crippen molar-refractivity contribution in [3.63, 3.8) is 0 Å². The van der Waals surface area contributed by atoms with E-state index in [4.69, 9.17) is 9.05 Å². The van der Waals surface area contributed by atoms with Crippen molar-refractivity contribution < 1.29 is 23.5 Å². The first-order chi connectivity index (χ1) is 11.7. The molecule has 0 bridgehead atoms. The zero-order valence-electron chi connectivity index (χ0n) is 17.3. The lowest BCUT2D eigenvalue weighted by Crippen LogP contribution is -2.20. The summed E-state index contributed by atoms with van der Waals surface area (Å²) in [4.78, 5) is 12.9. The van der Waals surface area contributed by atoms with Crippen molar-refractivity contribution in [3.8, 4) is 5.75 Å². The van der Waals surface area contributed by atoms with Crippen molar-refractivity contribution >= 4 is 13.4 Å². The van der Waals surface area contributed by atoms with Crippen LogP contribution in [0.1, 0.15) is 76.9 Å². The molecule has 0 aromatic heterocycles. The summed E-state index contributed by atoms with van der Waals surface area (Å²) in [5.41, 5.74) is 1.11. The molecule has 6 heteroatoms. The molecule has 1 N–H and O–H groups in total. The maximum Gasteiger partial charge on any atom is 0.338 e. The number of benzene rings is 1. The summed E-state index contributed by atoms with van der Waals surface area (Å²) in [5, 5.41) is 10.8. The summed E-state index contributed by atoms with van der Waals surface area (Å²) in [6.07, 6.45) is -0.313. The van der Waals surface area contributed by atoms with Crippen LogP contribution < -0.4 is 0 Å². The Kier molecular flexibility index (Phi) is 7.25. The number of carbonyl (C=O) groups is 1. The van der Waals surface area contributed by atoms with Gasteiger partial charge in [-0.15, -0.1) is 0 Å². The summed E-state index contributed by atoms with van der Waals surface area (Å²) < 4.78 is 23.2. The van der Waals surface area contributed by atoms with E-state index in [1.165, 1.54) is 0 Å². The van der Waals surface area contributed by atoms with E-state index in [2.05, 4.69) is 0 Å². The van der Waals surface area contributed by atoms with Gasteiger partial charge in [0, 0.05) is 16.7 Å². The lowest BCUT2D eigenvalue weighted by atomic mass is 9.78. The number of aromatic hydroxyl groups is 1. The van der Waals surface area contributed by atoms with Crippen LogP contribution in [0.15, 0.2) is 12.1 Å². The predicted octanol–water partition coefficient (Wildman–Crippen LogP) is 5.44. The Morgan fingerprint density at radius 1 is 0.962 bits per heavy atom. The van der Waals surface area contributed by atoms with Crippen LogP contribution in [-0.2, 0) is 24.4 Å². The highest BCUT2D eigenvalue weighted by Gasteiger charge is 2.31. The number of Topliss-reactive ketones (excluding diaryl/α,β-unsaturated/α-hetero) is 1. The molecule has 0 saturated carbocycles. The van der Waals surface area contributed by atoms with Crippen molar-refractivity contribution in [1.82, 2.24) is 0 Å². The molecule has 0 heterocycles. The molecule has 1 aromatic rings. The van der Waals surface area contributed by atoms with E-state index in [1.807, 2.05) is 41.5 Å². The third kappa shape index (κ3) is 5.67. The lowest BCUT2D eigenvalue weighted by molar-refractivity contribution is 0.100. The highest BCUT2D eigenvalue weighted by molar-refractivity contribution is 7.54. The second-order valence-electron chi connectivity index (χ2n) is 8.45. The third-order valence-corrected chi connectivity index (χ3v) is 6.01. The maximum absolute atomic E-state index is 12.9. The molecular weight excluding hydrogens is 351 g/mol. The molecule has 1 rings (SSSR count). The van der Waals surface area contributed by atoms with Crippen LogP contribution in [-0.4, -0.2) is 30.3 Å². The number of hydrogen-bond donors (Lipinski definition) is 1. The number of hydrogen-bond acceptors (Lipinski definition) is 5. The molecule has 0 fully saturated rings. The monoisotopic (exact) mass is 384 g/mol. The fourth-order valence-electron chi connectivity index (χ4n) is 2.73. The molecule has 0 radical (unpaired) electrons. The van der Waals surface area contributed by atoms with Gasteiger partial charge in [-0.3, -0.25) is 9.36 Å². The fraction of sp³-hybridized carbons (Fsp3) is 0.650. The second kappa shape index (κ2) is 8.24. The molecule has 148 valence electrons. The fourth-order valence-corrected chi connectivity index (χ4v) is 4.31. The molecule has 26 heavy (non-hydrogen) atoms. The number of rotatable bonds is 7. The minimum absolute atomic E-state index is 0.208. The average Bonchev–Trinajstić information content (AvgIpc) is 2.44. The van der Waals surface area contributed by atoms with E-state index in [1.54, 1.807) is 26.0 Å². The van der Waals surface area contributed by atoms with Gasteiger partial charge in [-0.05, 0) is 36.8 Å². The largest absolute Gasteiger partial charge is 0.507 e. The Bertz CT molecular complexity index is 650. The Hall–Kier alpha value is -1.16. The Labute approximate surface area is 157 Å². The quantitative estimate of drug-likeness (QED) is 0.501. The molecule has 0 unspecified atom stereocenters. The molecule has 1 aromatic carbocycles. The van der Waals surface area contributed by atoms with Gasteiger partial charge >= 0.3 is 7.60 Å². The van der Waals surface area contributed by atoms with Gasteiger partial charge in [-0.25, -0.2) is 0 Å². The van der Waals surface area contributed by atoms with E-state index in [-0.39, 0.29) is 41.7 Å². The van der Waals surface area contributed by atoms with Crippen LogP contribution in [0.4, 0.5) is 0 Å².